The molecule has 2 aromatic rings. The van der Waals surface area contributed by atoms with Gasteiger partial charge in [-0.2, -0.15) is 0 Å². The van der Waals surface area contributed by atoms with E-state index >= 15 is 0 Å². The predicted octanol–water partition coefficient (Wildman–Crippen LogP) is -2.23. The van der Waals surface area contributed by atoms with E-state index in [2.05, 4.69) is 15.0 Å². The Bertz CT molecular complexity index is 784. The molecule has 0 saturated carbocycles. The Balaban J connectivity index is 1.87. The number of carbonyl (C=O) groups is 1. The van der Waals surface area contributed by atoms with E-state index in [4.69, 9.17) is 21.1 Å². The van der Waals surface area contributed by atoms with Crippen molar-refractivity contribution in [1.29, 1.82) is 0 Å². The normalized spacial score (nSPS) is 25.7. The molecule has 0 aromatic carbocycles. The summed E-state index contributed by atoms with van der Waals surface area (Å²) >= 11 is 0. The molecule has 1 fully saturated rings. The number of nitrogen functional groups attached to an aromatic ring is 1. The molecule has 0 radical (unpaired) electrons. The van der Waals surface area contributed by atoms with Crippen LogP contribution in [0.15, 0.2) is 12.7 Å². The summed E-state index contributed by atoms with van der Waals surface area (Å²) in [5.41, 5.74) is 6.52. The van der Waals surface area contributed by atoms with Crippen molar-refractivity contribution in [2.45, 2.75) is 31.5 Å². The summed E-state index contributed by atoms with van der Waals surface area (Å²) in [6.45, 7) is 1.26. The summed E-state index contributed by atoms with van der Waals surface area (Å²) in [5.74, 6) is 5.28. The highest BCUT2D eigenvalue weighted by molar-refractivity contribution is 5.81. The van der Waals surface area contributed by atoms with Crippen LogP contribution in [0, 0.1) is 0 Å². The van der Waals surface area contributed by atoms with Crippen molar-refractivity contribution in [2.75, 3.05) is 25.5 Å². The number of anilines is 1. The van der Waals surface area contributed by atoms with E-state index in [0.717, 1.165) is 5.01 Å². The van der Waals surface area contributed by atoms with E-state index in [0.29, 0.717) is 17.7 Å². The lowest BCUT2D eigenvalue weighted by molar-refractivity contribution is -0.143. The standard InChI is InChI=1S/C14H21N7O5/c1-2-21(16)8(23)4-25-11-10(24)7(3-22)26-14(11)20-6-19-9-12(15)17-5-18-13(9)20/h5-7,10-11,14,22,24H,2-4,16H2,1H3,(H2,15,17,18)/t7-,10-,11-,14-/m1/s1. The molecule has 0 bridgehead atoms. The molecule has 3 rings (SSSR count). The second kappa shape index (κ2) is 7.47. The summed E-state index contributed by atoms with van der Waals surface area (Å²) in [5, 5.41) is 20.8. The number of imidazole rings is 1. The summed E-state index contributed by atoms with van der Waals surface area (Å²) in [7, 11) is 0. The van der Waals surface area contributed by atoms with Crippen LogP contribution < -0.4 is 11.6 Å². The molecule has 0 spiro atoms. The molecule has 0 aliphatic carbocycles. The molecule has 142 valence electrons. The highest BCUT2D eigenvalue weighted by Crippen LogP contribution is 2.33. The fourth-order valence-electron chi connectivity index (χ4n) is 2.76. The number of nitrogens with zero attached hydrogens (tertiary/aromatic N) is 5. The Morgan fingerprint density at radius 2 is 2.23 bits per heavy atom. The molecule has 12 nitrogen and oxygen atoms in total. The minimum absolute atomic E-state index is 0.195. The topological polar surface area (TPSA) is 175 Å². The number of ether oxygens (including phenoxy) is 2. The zero-order valence-corrected chi connectivity index (χ0v) is 14.1. The van der Waals surface area contributed by atoms with E-state index in [1.165, 1.54) is 17.2 Å². The van der Waals surface area contributed by atoms with E-state index in [1.807, 2.05) is 0 Å². The zero-order chi connectivity index (χ0) is 18.8. The van der Waals surface area contributed by atoms with Gasteiger partial charge >= 0.3 is 0 Å². The number of hydrogen-bond acceptors (Lipinski definition) is 10. The molecule has 1 aliphatic heterocycles. The van der Waals surface area contributed by atoms with Crippen LogP contribution in [0.3, 0.4) is 0 Å². The van der Waals surface area contributed by atoms with Crippen molar-refractivity contribution < 1.29 is 24.5 Å². The fourth-order valence-corrected chi connectivity index (χ4v) is 2.76. The lowest BCUT2D eigenvalue weighted by Crippen LogP contribution is -2.42. The van der Waals surface area contributed by atoms with Gasteiger partial charge in [0.15, 0.2) is 17.7 Å². The van der Waals surface area contributed by atoms with Gasteiger partial charge in [-0.05, 0) is 6.92 Å². The van der Waals surface area contributed by atoms with Crippen LogP contribution in [0.5, 0.6) is 0 Å². The first-order valence-corrected chi connectivity index (χ1v) is 8.02. The average molecular weight is 367 g/mol. The smallest absolute Gasteiger partial charge is 0.262 e. The first kappa shape index (κ1) is 18.4. The molecule has 0 unspecified atom stereocenters. The van der Waals surface area contributed by atoms with Gasteiger partial charge in [-0.25, -0.2) is 20.8 Å². The molecular weight excluding hydrogens is 346 g/mol. The number of carbonyl (C=O) groups excluding carboxylic acids is 1. The monoisotopic (exact) mass is 367 g/mol. The maximum absolute atomic E-state index is 11.9. The minimum Gasteiger partial charge on any atom is -0.394 e. The maximum atomic E-state index is 11.9. The van der Waals surface area contributed by atoms with E-state index in [-0.39, 0.29) is 12.4 Å². The van der Waals surface area contributed by atoms with Gasteiger partial charge in [-0.1, -0.05) is 0 Å². The molecule has 1 amide bonds. The number of amides is 1. The van der Waals surface area contributed by atoms with Crippen molar-refractivity contribution >= 4 is 22.9 Å². The number of likely N-dealkylation sites (N-methyl/N-ethyl adjacent to an activating group) is 1. The molecule has 2 aromatic heterocycles. The molecule has 1 saturated heterocycles. The largest absolute Gasteiger partial charge is 0.394 e. The van der Waals surface area contributed by atoms with Gasteiger partial charge < -0.3 is 25.4 Å². The third-order valence-corrected chi connectivity index (χ3v) is 4.21. The lowest BCUT2D eigenvalue weighted by atomic mass is 10.1. The van der Waals surface area contributed by atoms with Gasteiger partial charge in [-0.3, -0.25) is 14.4 Å². The molecule has 12 heteroatoms. The van der Waals surface area contributed by atoms with E-state index < -0.39 is 37.1 Å². The number of aromatic nitrogens is 4. The van der Waals surface area contributed by atoms with Crippen LogP contribution in [0.25, 0.3) is 11.2 Å². The second-order valence-corrected chi connectivity index (χ2v) is 5.78. The Kier molecular flexibility index (Phi) is 5.29. The SMILES string of the molecule is CCN(N)C(=O)CO[C@@H]1[C@H](O)[C@@H](CO)O[C@H]1n1cnc2c(N)ncnc21. The third kappa shape index (κ3) is 3.20. The molecule has 3 heterocycles. The van der Waals surface area contributed by atoms with E-state index in [9.17, 15) is 15.0 Å². The van der Waals surface area contributed by atoms with Crippen LogP contribution in [0.1, 0.15) is 13.2 Å². The van der Waals surface area contributed by atoms with Gasteiger partial charge in [0.05, 0.1) is 12.9 Å². The van der Waals surface area contributed by atoms with Crippen LogP contribution in [0.4, 0.5) is 5.82 Å². The van der Waals surface area contributed by atoms with Crippen molar-refractivity contribution in [3.8, 4) is 0 Å². The Morgan fingerprint density at radius 1 is 1.46 bits per heavy atom. The number of aliphatic hydroxyl groups excluding tert-OH is 2. The first-order valence-electron chi connectivity index (χ1n) is 8.02. The highest BCUT2D eigenvalue weighted by Gasteiger charge is 2.46. The minimum atomic E-state index is -1.16. The zero-order valence-electron chi connectivity index (χ0n) is 14.1. The van der Waals surface area contributed by atoms with Crippen molar-refractivity contribution in [1.82, 2.24) is 24.5 Å². The number of fused-ring (bicyclic) bond motifs is 1. The maximum Gasteiger partial charge on any atom is 0.262 e. The first-order chi connectivity index (χ1) is 12.5. The van der Waals surface area contributed by atoms with Gasteiger partial charge in [0.1, 0.15) is 36.8 Å². The highest BCUT2D eigenvalue weighted by atomic mass is 16.6. The molecule has 26 heavy (non-hydrogen) atoms. The summed E-state index contributed by atoms with van der Waals surface area (Å²) in [6, 6.07) is 0. The molecular formula is C14H21N7O5. The summed E-state index contributed by atoms with van der Waals surface area (Å²) in [6.07, 6.45) is -1.18. The molecule has 1 aliphatic rings. The Morgan fingerprint density at radius 3 is 2.92 bits per heavy atom. The van der Waals surface area contributed by atoms with Crippen LogP contribution in [-0.2, 0) is 14.3 Å². The van der Waals surface area contributed by atoms with Gasteiger partial charge in [-0.15, -0.1) is 0 Å². The van der Waals surface area contributed by atoms with Gasteiger partial charge in [0.2, 0.25) is 0 Å². The number of rotatable bonds is 6. The van der Waals surface area contributed by atoms with Crippen LogP contribution >= 0.6 is 0 Å². The quantitative estimate of drug-likeness (QED) is 0.248. The number of hydrogen-bond donors (Lipinski definition) is 4. The van der Waals surface area contributed by atoms with Crippen LogP contribution in [0.2, 0.25) is 0 Å². The second-order valence-electron chi connectivity index (χ2n) is 5.78. The number of aliphatic hydroxyl groups is 2. The van der Waals surface area contributed by atoms with Gasteiger partial charge in [0.25, 0.3) is 5.91 Å². The van der Waals surface area contributed by atoms with Crippen molar-refractivity contribution in [3.05, 3.63) is 12.7 Å². The number of nitrogens with two attached hydrogens (primary N) is 2. The summed E-state index contributed by atoms with van der Waals surface area (Å²) < 4.78 is 12.8. The van der Waals surface area contributed by atoms with Crippen molar-refractivity contribution in [3.63, 3.8) is 0 Å². The van der Waals surface area contributed by atoms with Crippen LogP contribution in [-0.4, -0.2) is 78.7 Å². The molecule has 4 atom stereocenters. The third-order valence-electron chi connectivity index (χ3n) is 4.21. The van der Waals surface area contributed by atoms with Gasteiger partial charge in [0, 0.05) is 6.54 Å². The molecule has 6 N–H and O–H groups in total. The van der Waals surface area contributed by atoms with Crippen molar-refractivity contribution in [2.24, 2.45) is 5.84 Å². The van der Waals surface area contributed by atoms with E-state index in [1.54, 1.807) is 6.92 Å². The number of hydrazine groups is 1. The Hall–Kier alpha value is -2.38. The fraction of sp³-hybridized carbons (Fsp3) is 0.571. The predicted molar refractivity (Wildman–Crippen MR) is 88.1 cm³/mol. The summed E-state index contributed by atoms with van der Waals surface area (Å²) in [4.78, 5) is 24.0. The Labute approximate surface area is 148 Å². The lowest BCUT2D eigenvalue weighted by Gasteiger charge is -2.23. The average Bonchev–Trinajstić information content (AvgIpc) is 3.20.